The Hall–Kier alpha value is -1.81. The van der Waals surface area contributed by atoms with E-state index in [-0.39, 0.29) is 41.8 Å². The van der Waals surface area contributed by atoms with Crippen molar-refractivity contribution in [2.45, 2.75) is 19.9 Å². The maximum absolute atomic E-state index is 11.6. The van der Waals surface area contributed by atoms with Gasteiger partial charge in [0.25, 0.3) is 0 Å². The molecule has 0 spiro atoms. The predicted molar refractivity (Wildman–Crippen MR) is 124 cm³/mol. The van der Waals surface area contributed by atoms with E-state index < -0.39 is 0 Å². The molecular formula is C19H28ClIN6O. The van der Waals surface area contributed by atoms with Gasteiger partial charge in [-0.1, -0.05) is 37.6 Å². The smallest absolute Gasteiger partial charge is 0.222 e. The lowest BCUT2D eigenvalue weighted by Gasteiger charge is -2.21. The summed E-state index contributed by atoms with van der Waals surface area (Å²) in [5.74, 6) is 0.692. The molecule has 0 aliphatic carbocycles. The number of amides is 1. The van der Waals surface area contributed by atoms with E-state index in [2.05, 4.69) is 26.0 Å². The molecular weight excluding hydrogens is 491 g/mol. The lowest BCUT2D eigenvalue weighted by Crippen LogP contribution is -2.43. The van der Waals surface area contributed by atoms with Crippen molar-refractivity contribution in [3.63, 3.8) is 0 Å². The van der Waals surface area contributed by atoms with E-state index in [9.17, 15) is 4.79 Å². The molecule has 3 N–H and O–H groups in total. The van der Waals surface area contributed by atoms with Crippen molar-refractivity contribution in [1.82, 2.24) is 25.7 Å². The molecule has 0 saturated heterocycles. The highest BCUT2D eigenvalue weighted by Crippen LogP contribution is 2.19. The molecule has 28 heavy (non-hydrogen) atoms. The van der Waals surface area contributed by atoms with Crippen LogP contribution in [0.4, 0.5) is 0 Å². The quantitative estimate of drug-likeness (QED) is 0.217. The van der Waals surface area contributed by atoms with E-state index >= 15 is 0 Å². The number of carbonyl (C=O) groups is 1. The number of aliphatic imine (C=N–C) groups is 1. The van der Waals surface area contributed by atoms with Gasteiger partial charge in [0.15, 0.2) is 5.96 Å². The van der Waals surface area contributed by atoms with Crippen LogP contribution in [-0.4, -0.2) is 48.3 Å². The largest absolute Gasteiger partial charge is 0.355 e. The average molecular weight is 519 g/mol. The standard InChI is InChI=1S/C19H27ClN6O.HI/c1-14(2)18(27)22-10-11-23-19(21-3)24-13-17(26-12-4-9-25-26)15-5-7-16(20)8-6-15;/h4-9,12,14,17H,10-11,13H2,1-3H3,(H,22,27)(H2,21,23,24);1H. The van der Waals surface area contributed by atoms with E-state index in [0.717, 1.165) is 5.56 Å². The van der Waals surface area contributed by atoms with Gasteiger partial charge in [0.05, 0.1) is 6.04 Å². The number of benzene rings is 1. The first-order valence-electron chi connectivity index (χ1n) is 8.98. The number of rotatable bonds is 8. The summed E-state index contributed by atoms with van der Waals surface area (Å²) in [5.41, 5.74) is 1.09. The third-order valence-corrected chi connectivity index (χ3v) is 4.28. The maximum atomic E-state index is 11.6. The van der Waals surface area contributed by atoms with Crippen molar-refractivity contribution in [2.24, 2.45) is 10.9 Å². The highest BCUT2D eigenvalue weighted by Gasteiger charge is 2.15. The molecule has 0 radical (unpaired) electrons. The number of hydrogen-bond donors (Lipinski definition) is 3. The molecule has 0 bridgehead atoms. The van der Waals surface area contributed by atoms with E-state index in [1.54, 1.807) is 13.2 Å². The Bertz CT molecular complexity index is 733. The van der Waals surface area contributed by atoms with Crippen molar-refractivity contribution in [3.05, 3.63) is 53.3 Å². The Balaban J connectivity index is 0.00000392. The van der Waals surface area contributed by atoms with Crippen LogP contribution < -0.4 is 16.0 Å². The van der Waals surface area contributed by atoms with E-state index in [0.29, 0.717) is 30.6 Å². The molecule has 0 fully saturated rings. The van der Waals surface area contributed by atoms with E-state index in [1.807, 2.05) is 55.1 Å². The average Bonchev–Trinajstić information content (AvgIpc) is 3.19. The SMILES string of the molecule is CN=C(NCCNC(=O)C(C)C)NCC(c1ccc(Cl)cc1)n1cccn1.I. The van der Waals surface area contributed by atoms with Gasteiger partial charge in [0.1, 0.15) is 0 Å². The van der Waals surface area contributed by atoms with Crippen LogP contribution in [0.3, 0.4) is 0 Å². The molecule has 0 saturated carbocycles. The van der Waals surface area contributed by atoms with E-state index in [4.69, 9.17) is 11.6 Å². The predicted octanol–water partition coefficient (Wildman–Crippen LogP) is 2.68. The van der Waals surface area contributed by atoms with Gasteiger partial charge in [-0.2, -0.15) is 5.10 Å². The summed E-state index contributed by atoms with van der Waals surface area (Å²) in [6.07, 6.45) is 3.69. The van der Waals surface area contributed by atoms with Crippen LogP contribution in [0.5, 0.6) is 0 Å². The van der Waals surface area contributed by atoms with Gasteiger partial charge in [0.2, 0.25) is 5.91 Å². The summed E-state index contributed by atoms with van der Waals surface area (Å²) in [5, 5.41) is 14.4. The van der Waals surface area contributed by atoms with Crippen molar-refractivity contribution in [3.8, 4) is 0 Å². The summed E-state index contributed by atoms with van der Waals surface area (Å²) < 4.78 is 1.90. The van der Waals surface area contributed by atoms with E-state index in [1.165, 1.54) is 0 Å². The molecule has 2 rings (SSSR count). The van der Waals surface area contributed by atoms with Gasteiger partial charge in [-0.3, -0.25) is 14.5 Å². The molecule has 1 aromatic carbocycles. The number of nitrogens with zero attached hydrogens (tertiary/aromatic N) is 3. The fourth-order valence-corrected chi connectivity index (χ4v) is 2.62. The van der Waals surface area contributed by atoms with Crippen LogP contribution in [0.1, 0.15) is 25.5 Å². The lowest BCUT2D eigenvalue weighted by atomic mass is 10.1. The molecule has 7 nitrogen and oxygen atoms in total. The number of aromatic nitrogens is 2. The van der Waals surface area contributed by atoms with Crippen LogP contribution in [0, 0.1) is 5.92 Å². The molecule has 2 aromatic rings. The van der Waals surface area contributed by atoms with Gasteiger partial charge in [0, 0.05) is 50.0 Å². The minimum atomic E-state index is -0.0170. The normalized spacial score (nSPS) is 12.2. The molecule has 0 aliphatic heterocycles. The number of carbonyl (C=O) groups excluding carboxylic acids is 1. The third-order valence-electron chi connectivity index (χ3n) is 4.03. The van der Waals surface area contributed by atoms with Gasteiger partial charge >= 0.3 is 0 Å². The zero-order chi connectivity index (χ0) is 19.6. The van der Waals surface area contributed by atoms with Crippen molar-refractivity contribution >= 4 is 47.4 Å². The molecule has 1 amide bonds. The topological polar surface area (TPSA) is 83.3 Å². The molecule has 1 atom stereocenters. The fraction of sp³-hybridized carbons (Fsp3) is 0.421. The Labute approximate surface area is 188 Å². The summed E-state index contributed by atoms with van der Waals surface area (Å²) in [6, 6.07) is 9.63. The fourth-order valence-electron chi connectivity index (χ4n) is 2.50. The monoisotopic (exact) mass is 518 g/mol. The van der Waals surface area contributed by atoms with Gasteiger partial charge in [-0.15, -0.1) is 24.0 Å². The first-order valence-corrected chi connectivity index (χ1v) is 9.36. The van der Waals surface area contributed by atoms with Crippen molar-refractivity contribution in [1.29, 1.82) is 0 Å². The number of guanidine groups is 1. The minimum Gasteiger partial charge on any atom is -0.355 e. The van der Waals surface area contributed by atoms with Crippen LogP contribution >= 0.6 is 35.6 Å². The molecule has 154 valence electrons. The zero-order valence-corrected chi connectivity index (χ0v) is 19.4. The number of nitrogens with one attached hydrogen (secondary N) is 3. The maximum Gasteiger partial charge on any atom is 0.222 e. The second-order valence-corrected chi connectivity index (χ2v) is 6.82. The summed E-state index contributed by atoms with van der Waals surface area (Å²) in [4.78, 5) is 15.8. The van der Waals surface area contributed by atoms with Gasteiger partial charge < -0.3 is 16.0 Å². The van der Waals surface area contributed by atoms with Gasteiger partial charge in [-0.25, -0.2) is 0 Å². The Morgan fingerprint density at radius 1 is 1.18 bits per heavy atom. The second kappa shape index (κ2) is 12.6. The van der Waals surface area contributed by atoms with Crippen molar-refractivity contribution in [2.75, 3.05) is 26.7 Å². The third kappa shape index (κ3) is 7.67. The van der Waals surface area contributed by atoms with Gasteiger partial charge in [-0.05, 0) is 23.8 Å². The number of hydrogen-bond acceptors (Lipinski definition) is 3. The van der Waals surface area contributed by atoms with Crippen molar-refractivity contribution < 1.29 is 4.79 Å². The second-order valence-electron chi connectivity index (χ2n) is 6.38. The number of halogens is 2. The van der Waals surface area contributed by atoms with Crippen LogP contribution in [0.2, 0.25) is 5.02 Å². The zero-order valence-electron chi connectivity index (χ0n) is 16.4. The highest BCUT2D eigenvalue weighted by atomic mass is 127. The van der Waals surface area contributed by atoms with Crippen LogP contribution in [-0.2, 0) is 4.79 Å². The summed E-state index contributed by atoms with van der Waals surface area (Å²) in [7, 11) is 1.72. The first-order chi connectivity index (χ1) is 13.0. The molecule has 1 aromatic heterocycles. The Morgan fingerprint density at radius 3 is 2.43 bits per heavy atom. The Kier molecular flexibility index (Phi) is 10.9. The van der Waals surface area contributed by atoms with Crippen LogP contribution in [0.25, 0.3) is 0 Å². The summed E-state index contributed by atoms with van der Waals surface area (Å²) in [6.45, 7) is 5.47. The summed E-state index contributed by atoms with van der Waals surface area (Å²) >= 11 is 6.01. The van der Waals surface area contributed by atoms with Crippen LogP contribution in [0.15, 0.2) is 47.7 Å². The molecule has 0 aliphatic rings. The minimum absolute atomic E-state index is 0. The first kappa shape index (κ1) is 24.2. The lowest BCUT2D eigenvalue weighted by molar-refractivity contribution is -0.123. The Morgan fingerprint density at radius 2 is 1.86 bits per heavy atom. The molecule has 1 heterocycles. The molecule has 1 unspecified atom stereocenters. The molecule has 9 heteroatoms. The highest BCUT2D eigenvalue weighted by molar-refractivity contribution is 14.0.